The Balaban J connectivity index is 1.80. The highest BCUT2D eigenvalue weighted by atomic mass is 16.4. The number of aromatic nitrogens is 3. The van der Waals surface area contributed by atoms with Crippen LogP contribution >= 0.6 is 0 Å². The van der Waals surface area contributed by atoms with E-state index in [9.17, 15) is 0 Å². The zero-order valence-corrected chi connectivity index (χ0v) is 11.9. The van der Waals surface area contributed by atoms with Crippen molar-refractivity contribution in [2.24, 2.45) is 0 Å². The third-order valence-electron chi connectivity index (χ3n) is 3.41. The standard InChI is InChI=1S/C16H16N4O/c1-11-9-14(16-20-18-10-21-16)3-4-15(11)19-12(2)13-5-7-17-8-6-13/h3-10,12,19H,1-2H3. The minimum absolute atomic E-state index is 0.209. The van der Waals surface area contributed by atoms with E-state index in [4.69, 9.17) is 4.42 Å². The van der Waals surface area contributed by atoms with E-state index in [1.54, 1.807) is 12.4 Å². The van der Waals surface area contributed by atoms with Crippen molar-refractivity contribution in [2.45, 2.75) is 19.9 Å². The Hall–Kier alpha value is -2.69. The van der Waals surface area contributed by atoms with E-state index >= 15 is 0 Å². The van der Waals surface area contributed by atoms with Crippen molar-refractivity contribution < 1.29 is 4.42 Å². The molecule has 106 valence electrons. The highest BCUT2D eigenvalue weighted by Gasteiger charge is 2.09. The fourth-order valence-electron chi connectivity index (χ4n) is 2.23. The first-order valence-corrected chi connectivity index (χ1v) is 6.77. The summed E-state index contributed by atoms with van der Waals surface area (Å²) in [5.74, 6) is 0.534. The second kappa shape index (κ2) is 5.75. The summed E-state index contributed by atoms with van der Waals surface area (Å²) in [5.41, 5.74) is 4.34. The first kappa shape index (κ1) is 13.3. The number of benzene rings is 1. The molecular formula is C16H16N4O. The molecule has 21 heavy (non-hydrogen) atoms. The number of rotatable bonds is 4. The van der Waals surface area contributed by atoms with Gasteiger partial charge < -0.3 is 9.73 Å². The van der Waals surface area contributed by atoms with Crippen LogP contribution in [0.3, 0.4) is 0 Å². The Kier molecular flexibility index (Phi) is 3.64. The molecule has 1 unspecified atom stereocenters. The van der Waals surface area contributed by atoms with Gasteiger partial charge in [0.25, 0.3) is 0 Å². The molecule has 0 aliphatic carbocycles. The van der Waals surface area contributed by atoms with Crippen LogP contribution in [0.5, 0.6) is 0 Å². The third-order valence-corrected chi connectivity index (χ3v) is 3.41. The van der Waals surface area contributed by atoms with Gasteiger partial charge in [0.2, 0.25) is 12.3 Å². The lowest BCUT2D eigenvalue weighted by Crippen LogP contribution is -2.07. The molecule has 1 aromatic carbocycles. The van der Waals surface area contributed by atoms with E-state index in [-0.39, 0.29) is 6.04 Å². The van der Waals surface area contributed by atoms with Gasteiger partial charge in [-0.15, -0.1) is 10.2 Å². The van der Waals surface area contributed by atoms with E-state index in [1.165, 1.54) is 12.0 Å². The zero-order chi connectivity index (χ0) is 14.7. The maximum Gasteiger partial charge on any atom is 0.247 e. The summed E-state index contributed by atoms with van der Waals surface area (Å²) in [5, 5.41) is 11.1. The van der Waals surface area contributed by atoms with Crippen LogP contribution in [0.15, 0.2) is 53.5 Å². The molecule has 0 saturated heterocycles. The minimum Gasteiger partial charge on any atom is -0.423 e. The van der Waals surface area contributed by atoms with Crippen LogP contribution < -0.4 is 5.32 Å². The van der Waals surface area contributed by atoms with Crippen molar-refractivity contribution in [3.63, 3.8) is 0 Å². The Morgan fingerprint density at radius 2 is 1.95 bits per heavy atom. The highest BCUT2D eigenvalue weighted by molar-refractivity contribution is 5.62. The predicted molar refractivity (Wildman–Crippen MR) is 80.7 cm³/mol. The number of hydrogen-bond donors (Lipinski definition) is 1. The van der Waals surface area contributed by atoms with Gasteiger partial charge in [0.1, 0.15) is 0 Å². The molecule has 5 heteroatoms. The molecule has 1 atom stereocenters. The Morgan fingerprint density at radius 3 is 2.62 bits per heavy atom. The summed E-state index contributed by atoms with van der Waals surface area (Å²) in [7, 11) is 0. The molecule has 2 aromatic heterocycles. The average Bonchev–Trinajstić information content (AvgIpc) is 3.04. The van der Waals surface area contributed by atoms with Gasteiger partial charge in [0.15, 0.2) is 0 Å². The van der Waals surface area contributed by atoms with Crippen molar-refractivity contribution in [3.05, 3.63) is 60.2 Å². The van der Waals surface area contributed by atoms with Crippen LogP contribution in [0, 0.1) is 6.92 Å². The van der Waals surface area contributed by atoms with E-state index in [0.29, 0.717) is 5.89 Å². The van der Waals surface area contributed by atoms with Gasteiger partial charge in [-0.3, -0.25) is 4.98 Å². The molecule has 0 aliphatic rings. The predicted octanol–water partition coefficient (Wildman–Crippen LogP) is 3.61. The van der Waals surface area contributed by atoms with E-state index in [1.807, 2.05) is 30.3 Å². The van der Waals surface area contributed by atoms with Crippen molar-refractivity contribution in [1.82, 2.24) is 15.2 Å². The zero-order valence-electron chi connectivity index (χ0n) is 11.9. The Bertz CT molecular complexity index is 710. The van der Waals surface area contributed by atoms with Crippen molar-refractivity contribution in [1.29, 1.82) is 0 Å². The van der Waals surface area contributed by atoms with Gasteiger partial charge in [-0.25, -0.2) is 0 Å². The monoisotopic (exact) mass is 280 g/mol. The van der Waals surface area contributed by atoms with Crippen LogP contribution in [0.4, 0.5) is 5.69 Å². The molecule has 0 bridgehead atoms. The SMILES string of the molecule is Cc1cc(-c2nnco2)ccc1NC(C)c1ccncc1. The van der Waals surface area contributed by atoms with Gasteiger partial charge >= 0.3 is 0 Å². The Morgan fingerprint density at radius 1 is 1.14 bits per heavy atom. The van der Waals surface area contributed by atoms with E-state index < -0.39 is 0 Å². The maximum absolute atomic E-state index is 5.22. The Labute approximate surface area is 123 Å². The fourth-order valence-corrected chi connectivity index (χ4v) is 2.23. The van der Waals surface area contributed by atoms with Gasteiger partial charge in [-0.2, -0.15) is 0 Å². The summed E-state index contributed by atoms with van der Waals surface area (Å²) >= 11 is 0. The summed E-state index contributed by atoms with van der Waals surface area (Å²) in [6, 6.07) is 10.3. The smallest absolute Gasteiger partial charge is 0.247 e. The summed E-state index contributed by atoms with van der Waals surface area (Å²) in [6.45, 7) is 4.18. The number of pyridine rings is 1. The number of aryl methyl sites for hydroxylation is 1. The summed E-state index contributed by atoms with van der Waals surface area (Å²) in [6.07, 6.45) is 4.94. The molecule has 0 aliphatic heterocycles. The van der Waals surface area contributed by atoms with Crippen LogP contribution in [0.2, 0.25) is 0 Å². The first-order chi connectivity index (χ1) is 10.2. The second-order valence-electron chi connectivity index (χ2n) is 4.92. The lowest BCUT2D eigenvalue weighted by atomic mass is 10.1. The topological polar surface area (TPSA) is 63.8 Å². The van der Waals surface area contributed by atoms with Crippen molar-refractivity contribution in [2.75, 3.05) is 5.32 Å². The largest absolute Gasteiger partial charge is 0.423 e. The second-order valence-corrected chi connectivity index (χ2v) is 4.92. The first-order valence-electron chi connectivity index (χ1n) is 6.77. The van der Waals surface area contributed by atoms with E-state index in [2.05, 4.69) is 34.3 Å². The third kappa shape index (κ3) is 2.91. The normalized spacial score (nSPS) is 12.1. The van der Waals surface area contributed by atoms with Gasteiger partial charge in [-0.1, -0.05) is 0 Å². The molecular weight excluding hydrogens is 264 g/mol. The molecule has 3 rings (SSSR count). The molecule has 0 amide bonds. The van der Waals surface area contributed by atoms with Crippen LogP contribution in [0.25, 0.3) is 11.5 Å². The highest BCUT2D eigenvalue weighted by Crippen LogP contribution is 2.26. The van der Waals surface area contributed by atoms with Crippen molar-refractivity contribution >= 4 is 5.69 Å². The molecule has 0 saturated carbocycles. The molecule has 0 spiro atoms. The molecule has 3 aromatic rings. The average molecular weight is 280 g/mol. The quantitative estimate of drug-likeness (QED) is 0.790. The number of nitrogens with one attached hydrogen (secondary N) is 1. The molecule has 1 N–H and O–H groups in total. The lowest BCUT2D eigenvalue weighted by molar-refractivity contribution is 0.568. The number of anilines is 1. The van der Waals surface area contributed by atoms with Crippen LogP contribution in [0.1, 0.15) is 24.1 Å². The maximum atomic E-state index is 5.22. The van der Waals surface area contributed by atoms with Gasteiger partial charge in [0, 0.05) is 29.7 Å². The molecule has 2 heterocycles. The van der Waals surface area contributed by atoms with Crippen LogP contribution in [-0.4, -0.2) is 15.2 Å². The van der Waals surface area contributed by atoms with E-state index in [0.717, 1.165) is 16.8 Å². The molecule has 5 nitrogen and oxygen atoms in total. The summed E-state index contributed by atoms with van der Waals surface area (Å²) < 4.78 is 5.22. The number of hydrogen-bond acceptors (Lipinski definition) is 5. The minimum atomic E-state index is 0.209. The van der Waals surface area contributed by atoms with Gasteiger partial charge in [0.05, 0.1) is 0 Å². The lowest BCUT2D eigenvalue weighted by Gasteiger charge is -2.17. The van der Waals surface area contributed by atoms with Crippen molar-refractivity contribution in [3.8, 4) is 11.5 Å². The number of nitrogens with zero attached hydrogens (tertiary/aromatic N) is 3. The van der Waals surface area contributed by atoms with Crippen LogP contribution in [-0.2, 0) is 0 Å². The molecule has 0 radical (unpaired) electrons. The molecule has 0 fully saturated rings. The fraction of sp³-hybridized carbons (Fsp3) is 0.188. The van der Waals surface area contributed by atoms with Gasteiger partial charge in [-0.05, 0) is 55.3 Å². The summed E-state index contributed by atoms with van der Waals surface area (Å²) in [4.78, 5) is 4.04.